The van der Waals surface area contributed by atoms with Gasteiger partial charge < -0.3 is 5.32 Å². The largest absolute Gasteiger partial charge is 0.348 e. The molecule has 1 aromatic carbocycles. The summed E-state index contributed by atoms with van der Waals surface area (Å²) in [6.45, 7) is 7.35. The summed E-state index contributed by atoms with van der Waals surface area (Å²) in [6.07, 6.45) is 2.62. The number of hydrogen-bond acceptors (Lipinski definition) is 4. The number of benzene rings is 1. The van der Waals surface area contributed by atoms with Gasteiger partial charge in [-0.2, -0.15) is 5.10 Å². The second-order valence-corrected chi connectivity index (χ2v) is 6.00. The number of nitrogens with zero attached hydrogens (tertiary/aromatic N) is 5. The summed E-state index contributed by atoms with van der Waals surface area (Å²) in [6, 6.07) is 7.72. The van der Waals surface area contributed by atoms with E-state index in [4.69, 9.17) is 0 Å². The van der Waals surface area contributed by atoms with Gasteiger partial charge in [0.1, 0.15) is 5.52 Å². The van der Waals surface area contributed by atoms with Crippen molar-refractivity contribution in [1.29, 1.82) is 0 Å². The maximum atomic E-state index is 12.5. The molecule has 1 N–H and O–H groups in total. The first-order chi connectivity index (χ1) is 11.6. The van der Waals surface area contributed by atoms with Crippen molar-refractivity contribution < 1.29 is 4.79 Å². The summed E-state index contributed by atoms with van der Waals surface area (Å²) in [5, 5.41) is 15.6. The van der Waals surface area contributed by atoms with Crippen molar-refractivity contribution in [2.75, 3.05) is 0 Å². The maximum absolute atomic E-state index is 12.5. The van der Waals surface area contributed by atoms with Crippen molar-refractivity contribution >= 4 is 16.9 Å². The smallest absolute Gasteiger partial charge is 0.255 e. The lowest BCUT2D eigenvalue weighted by atomic mass is 10.2. The Morgan fingerprint density at radius 2 is 2.08 bits per heavy atom. The van der Waals surface area contributed by atoms with Gasteiger partial charge in [-0.15, -0.1) is 5.10 Å². The fraction of sp³-hybridized carbons (Fsp3) is 0.412. The number of rotatable bonds is 6. The highest BCUT2D eigenvalue weighted by molar-refractivity contribution is 5.95. The average Bonchev–Trinajstić information content (AvgIpc) is 3.13. The molecule has 0 aliphatic carbocycles. The van der Waals surface area contributed by atoms with E-state index in [9.17, 15) is 4.79 Å². The van der Waals surface area contributed by atoms with Crippen molar-refractivity contribution in [3.8, 4) is 0 Å². The molecular weight excluding hydrogens is 304 g/mol. The monoisotopic (exact) mass is 326 g/mol. The van der Waals surface area contributed by atoms with Gasteiger partial charge >= 0.3 is 0 Å². The highest BCUT2D eigenvalue weighted by Gasteiger charge is 2.17. The van der Waals surface area contributed by atoms with E-state index in [0.717, 1.165) is 29.7 Å². The number of hydrogen-bond donors (Lipinski definition) is 1. The molecular formula is C17H22N6O. The van der Waals surface area contributed by atoms with Crippen molar-refractivity contribution in [3.05, 3.63) is 41.7 Å². The Kier molecular flexibility index (Phi) is 4.59. The number of amides is 1. The summed E-state index contributed by atoms with van der Waals surface area (Å²) in [4.78, 5) is 12.5. The van der Waals surface area contributed by atoms with E-state index in [1.807, 2.05) is 47.5 Å². The predicted molar refractivity (Wildman–Crippen MR) is 91.7 cm³/mol. The van der Waals surface area contributed by atoms with Gasteiger partial charge in [0.05, 0.1) is 23.8 Å². The lowest BCUT2D eigenvalue weighted by molar-refractivity contribution is 0.0935. The molecule has 0 unspecified atom stereocenters. The Bertz CT molecular complexity index is 850. The second-order valence-electron chi connectivity index (χ2n) is 6.00. The minimum atomic E-state index is -0.105. The lowest BCUT2D eigenvalue weighted by Crippen LogP contribution is -2.36. The van der Waals surface area contributed by atoms with Crippen LogP contribution in [-0.2, 0) is 13.1 Å². The van der Waals surface area contributed by atoms with Crippen molar-refractivity contribution in [2.45, 2.75) is 46.3 Å². The molecule has 7 heteroatoms. The van der Waals surface area contributed by atoms with E-state index in [1.165, 1.54) is 0 Å². The van der Waals surface area contributed by atoms with E-state index < -0.39 is 0 Å². The Hall–Kier alpha value is -2.70. The fourth-order valence-corrected chi connectivity index (χ4v) is 2.77. The average molecular weight is 326 g/mol. The first kappa shape index (κ1) is 16.2. The number of aromatic nitrogens is 5. The Labute approximate surface area is 140 Å². The molecule has 0 saturated heterocycles. The van der Waals surface area contributed by atoms with Gasteiger partial charge in [0.2, 0.25) is 0 Å². The summed E-state index contributed by atoms with van der Waals surface area (Å²) >= 11 is 0. The third-order valence-electron chi connectivity index (χ3n) is 4.03. The SMILES string of the molecule is CCCn1ncc(C(=O)N[C@@H](C)Cn2nnc3ccccc32)c1C. The third-order valence-corrected chi connectivity index (χ3v) is 4.03. The fourth-order valence-electron chi connectivity index (χ4n) is 2.77. The summed E-state index contributed by atoms with van der Waals surface area (Å²) in [7, 11) is 0. The van der Waals surface area contributed by atoms with E-state index in [-0.39, 0.29) is 11.9 Å². The number of nitrogens with one attached hydrogen (secondary N) is 1. The molecule has 0 bridgehead atoms. The third kappa shape index (κ3) is 3.15. The predicted octanol–water partition coefficient (Wildman–Crippen LogP) is 2.16. The number of fused-ring (bicyclic) bond motifs is 1. The van der Waals surface area contributed by atoms with Crippen LogP contribution in [0, 0.1) is 6.92 Å². The number of para-hydroxylation sites is 1. The molecule has 2 heterocycles. The maximum Gasteiger partial charge on any atom is 0.255 e. The molecule has 3 rings (SSSR count). The highest BCUT2D eigenvalue weighted by atomic mass is 16.1. The van der Waals surface area contributed by atoms with Crippen LogP contribution in [-0.4, -0.2) is 36.7 Å². The molecule has 0 radical (unpaired) electrons. The van der Waals surface area contributed by atoms with Gasteiger partial charge in [-0.05, 0) is 32.4 Å². The molecule has 0 saturated carbocycles. The van der Waals surface area contributed by atoms with Crippen LogP contribution >= 0.6 is 0 Å². The minimum Gasteiger partial charge on any atom is -0.348 e. The van der Waals surface area contributed by atoms with Gasteiger partial charge in [-0.25, -0.2) is 4.68 Å². The van der Waals surface area contributed by atoms with Crippen molar-refractivity contribution in [3.63, 3.8) is 0 Å². The van der Waals surface area contributed by atoms with Crippen molar-refractivity contribution in [2.24, 2.45) is 0 Å². The molecule has 7 nitrogen and oxygen atoms in total. The molecule has 3 aromatic rings. The molecule has 1 amide bonds. The number of aryl methyl sites for hydroxylation is 1. The van der Waals surface area contributed by atoms with Crippen molar-refractivity contribution in [1.82, 2.24) is 30.1 Å². The minimum absolute atomic E-state index is 0.0727. The van der Waals surface area contributed by atoms with Crippen LogP contribution in [0.3, 0.4) is 0 Å². The van der Waals surface area contributed by atoms with Gasteiger partial charge in [-0.1, -0.05) is 24.3 Å². The van der Waals surface area contributed by atoms with E-state index in [1.54, 1.807) is 6.20 Å². The van der Waals surface area contributed by atoms with E-state index in [0.29, 0.717) is 12.1 Å². The first-order valence-electron chi connectivity index (χ1n) is 8.21. The van der Waals surface area contributed by atoms with E-state index >= 15 is 0 Å². The second kappa shape index (κ2) is 6.82. The van der Waals surface area contributed by atoms with Crippen LogP contribution in [0.15, 0.2) is 30.5 Å². The molecule has 24 heavy (non-hydrogen) atoms. The summed E-state index contributed by atoms with van der Waals surface area (Å²) < 4.78 is 3.68. The van der Waals surface area contributed by atoms with Gasteiger partial charge in [0.15, 0.2) is 0 Å². The molecule has 0 fully saturated rings. The van der Waals surface area contributed by atoms with Crippen LogP contribution in [0.25, 0.3) is 11.0 Å². The number of carbonyl (C=O) groups is 1. The van der Waals surface area contributed by atoms with Gasteiger partial charge in [-0.3, -0.25) is 9.48 Å². The van der Waals surface area contributed by atoms with E-state index in [2.05, 4.69) is 27.7 Å². The molecule has 2 aromatic heterocycles. The molecule has 0 aliphatic heterocycles. The zero-order valence-corrected chi connectivity index (χ0v) is 14.2. The normalized spacial score (nSPS) is 12.5. The molecule has 126 valence electrons. The van der Waals surface area contributed by atoms with Crippen LogP contribution < -0.4 is 5.32 Å². The molecule has 0 aliphatic rings. The zero-order chi connectivity index (χ0) is 17.1. The first-order valence-corrected chi connectivity index (χ1v) is 8.21. The molecule has 1 atom stereocenters. The van der Waals surface area contributed by atoms with Crippen LogP contribution in [0.5, 0.6) is 0 Å². The highest BCUT2D eigenvalue weighted by Crippen LogP contribution is 2.11. The zero-order valence-electron chi connectivity index (χ0n) is 14.2. The number of carbonyl (C=O) groups excluding carboxylic acids is 1. The standard InChI is InChI=1S/C17H22N6O/c1-4-9-22-13(3)14(10-18-22)17(24)19-12(2)11-23-16-8-6-5-7-15(16)20-21-23/h5-8,10,12H,4,9,11H2,1-3H3,(H,19,24)/t12-/m0/s1. The Morgan fingerprint density at radius 1 is 1.29 bits per heavy atom. The van der Waals surface area contributed by atoms with Gasteiger partial charge in [0, 0.05) is 18.3 Å². The van der Waals surface area contributed by atoms with Crippen LogP contribution in [0.4, 0.5) is 0 Å². The quantitative estimate of drug-likeness (QED) is 0.753. The summed E-state index contributed by atoms with van der Waals surface area (Å²) in [5.74, 6) is -0.105. The molecule has 0 spiro atoms. The van der Waals surface area contributed by atoms with Gasteiger partial charge in [0.25, 0.3) is 5.91 Å². The summed E-state index contributed by atoms with van der Waals surface area (Å²) in [5.41, 5.74) is 3.34. The Morgan fingerprint density at radius 3 is 2.88 bits per heavy atom. The lowest BCUT2D eigenvalue weighted by Gasteiger charge is -2.14. The van der Waals surface area contributed by atoms with Crippen LogP contribution in [0.2, 0.25) is 0 Å². The topological polar surface area (TPSA) is 77.6 Å². The van der Waals surface area contributed by atoms with Crippen LogP contribution in [0.1, 0.15) is 36.3 Å². The Balaban J connectivity index is 1.68.